The van der Waals surface area contributed by atoms with E-state index in [9.17, 15) is 4.79 Å². The maximum Gasteiger partial charge on any atom is 0.153 e. The van der Waals surface area contributed by atoms with Crippen LogP contribution in [-0.4, -0.2) is 30.4 Å². The Morgan fingerprint density at radius 1 is 1.59 bits per heavy atom. The van der Waals surface area contributed by atoms with Crippen LogP contribution in [0.5, 0.6) is 0 Å². The first-order valence-corrected chi connectivity index (χ1v) is 7.29. The lowest BCUT2D eigenvalue weighted by molar-refractivity contribution is 0.112. The van der Waals surface area contributed by atoms with Gasteiger partial charge < -0.3 is 4.90 Å². The lowest BCUT2D eigenvalue weighted by atomic mass is 10.1. The summed E-state index contributed by atoms with van der Waals surface area (Å²) in [7, 11) is 0. The van der Waals surface area contributed by atoms with Gasteiger partial charge in [0.1, 0.15) is 0 Å². The molecule has 1 aliphatic rings. The van der Waals surface area contributed by atoms with Gasteiger partial charge in [-0.15, -0.1) is 0 Å². The van der Waals surface area contributed by atoms with Crippen molar-refractivity contribution in [3.63, 3.8) is 0 Å². The molecule has 17 heavy (non-hydrogen) atoms. The molecule has 1 saturated heterocycles. The fourth-order valence-corrected chi connectivity index (χ4v) is 3.50. The summed E-state index contributed by atoms with van der Waals surface area (Å²) in [6.45, 7) is 4.20. The Morgan fingerprint density at radius 3 is 3.12 bits per heavy atom. The van der Waals surface area contributed by atoms with Gasteiger partial charge >= 0.3 is 0 Å². The molecule has 0 amide bonds. The molecule has 0 bridgehead atoms. The Labute approximate surface area is 111 Å². The average molecular weight is 270 g/mol. The monoisotopic (exact) mass is 269 g/mol. The summed E-state index contributed by atoms with van der Waals surface area (Å²) in [5.41, 5.74) is 1.60. The second-order valence-corrected chi connectivity index (χ2v) is 5.95. The molecule has 92 valence electrons. The van der Waals surface area contributed by atoms with Gasteiger partial charge in [0.15, 0.2) is 6.29 Å². The Morgan fingerprint density at radius 2 is 2.41 bits per heavy atom. The molecule has 1 heterocycles. The smallest absolute Gasteiger partial charge is 0.153 e. The summed E-state index contributed by atoms with van der Waals surface area (Å²) in [6, 6.07) is 5.66. The van der Waals surface area contributed by atoms with E-state index in [-0.39, 0.29) is 0 Å². The van der Waals surface area contributed by atoms with Gasteiger partial charge in [0.25, 0.3) is 0 Å². The zero-order valence-electron chi connectivity index (χ0n) is 9.86. The van der Waals surface area contributed by atoms with E-state index in [4.69, 9.17) is 11.6 Å². The molecule has 1 atom stereocenters. The minimum atomic E-state index is 0.545. The molecular weight excluding hydrogens is 254 g/mol. The molecule has 0 radical (unpaired) electrons. The first-order chi connectivity index (χ1) is 8.26. The second kappa shape index (κ2) is 5.78. The van der Waals surface area contributed by atoms with Crippen LogP contribution in [0.2, 0.25) is 5.02 Å². The summed E-state index contributed by atoms with van der Waals surface area (Å²) in [6.07, 6.45) is 2.03. The Kier molecular flexibility index (Phi) is 4.35. The van der Waals surface area contributed by atoms with E-state index in [0.29, 0.717) is 15.8 Å². The minimum absolute atomic E-state index is 0.545. The molecule has 1 aliphatic heterocycles. The molecule has 0 spiro atoms. The topological polar surface area (TPSA) is 20.3 Å². The number of halogens is 1. The van der Waals surface area contributed by atoms with E-state index in [0.717, 1.165) is 37.2 Å². The van der Waals surface area contributed by atoms with E-state index in [2.05, 4.69) is 11.8 Å². The lowest BCUT2D eigenvalue weighted by Gasteiger charge is -2.34. The van der Waals surface area contributed by atoms with Gasteiger partial charge in [-0.2, -0.15) is 11.8 Å². The fraction of sp³-hybridized carbons (Fsp3) is 0.462. The molecule has 1 aromatic rings. The number of hydrogen-bond acceptors (Lipinski definition) is 3. The summed E-state index contributed by atoms with van der Waals surface area (Å²) < 4.78 is 0. The van der Waals surface area contributed by atoms with Crippen molar-refractivity contribution in [3.05, 3.63) is 28.8 Å². The number of carbonyl (C=O) groups is 1. The van der Waals surface area contributed by atoms with Crippen molar-refractivity contribution >= 4 is 35.3 Å². The molecule has 2 nitrogen and oxygen atoms in total. The van der Waals surface area contributed by atoms with Crippen LogP contribution in [0.1, 0.15) is 23.7 Å². The summed E-state index contributed by atoms with van der Waals surface area (Å²) in [5.74, 6) is 1.11. The zero-order valence-corrected chi connectivity index (χ0v) is 11.4. The lowest BCUT2D eigenvalue weighted by Crippen LogP contribution is -2.38. The van der Waals surface area contributed by atoms with Crippen LogP contribution in [0.15, 0.2) is 18.2 Å². The number of benzene rings is 1. The van der Waals surface area contributed by atoms with Gasteiger partial charge in [0, 0.05) is 29.8 Å². The normalized spacial score (nSPS) is 20.4. The average Bonchev–Trinajstić information content (AvgIpc) is 2.38. The van der Waals surface area contributed by atoms with Crippen molar-refractivity contribution in [2.45, 2.75) is 18.6 Å². The van der Waals surface area contributed by atoms with Crippen LogP contribution in [0, 0.1) is 0 Å². The number of carbonyl (C=O) groups excluding carboxylic acids is 1. The highest BCUT2D eigenvalue weighted by Crippen LogP contribution is 2.30. The van der Waals surface area contributed by atoms with Crippen molar-refractivity contribution in [2.24, 2.45) is 0 Å². The first-order valence-electron chi connectivity index (χ1n) is 5.86. The van der Waals surface area contributed by atoms with E-state index < -0.39 is 0 Å². The van der Waals surface area contributed by atoms with Crippen LogP contribution in [0.25, 0.3) is 0 Å². The molecule has 0 N–H and O–H groups in total. The van der Waals surface area contributed by atoms with E-state index in [1.807, 2.05) is 23.9 Å². The van der Waals surface area contributed by atoms with Gasteiger partial charge in [-0.3, -0.25) is 4.79 Å². The number of thioether (sulfide) groups is 1. The molecule has 1 unspecified atom stereocenters. The molecule has 4 heteroatoms. The van der Waals surface area contributed by atoms with E-state index >= 15 is 0 Å². The van der Waals surface area contributed by atoms with Crippen LogP contribution in [0.4, 0.5) is 5.69 Å². The fourth-order valence-electron chi connectivity index (χ4n) is 2.10. The third-order valence-electron chi connectivity index (χ3n) is 3.08. The molecule has 0 aliphatic carbocycles. The standard InChI is InChI=1S/C13H16ClNOS/c1-2-10-8-15(6-7-17-10)13-5-3-4-12(14)11(13)9-16/h3-5,9-10H,2,6-8H2,1H3. The van der Waals surface area contributed by atoms with Crippen molar-refractivity contribution in [3.8, 4) is 0 Å². The molecule has 2 rings (SSSR count). The van der Waals surface area contributed by atoms with Gasteiger partial charge in [-0.1, -0.05) is 24.6 Å². The third kappa shape index (κ3) is 2.78. The first kappa shape index (κ1) is 12.8. The van der Waals surface area contributed by atoms with Crippen LogP contribution in [0.3, 0.4) is 0 Å². The van der Waals surface area contributed by atoms with Crippen molar-refractivity contribution in [1.82, 2.24) is 0 Å². The SMILES string of the molecule is CCC1CN(c2cccc(Cl)c2C=O)CCS1. The third-order valence-corrected chi connectivity index (χ3v) is 4.78. The van der Waals surface area contributed by atoms with Crippen molar-refractivity contribution in [2.75, 3.05) is 23.7 Å². The van der Waals surface area contributed by atoms with Gasteiger partial charge in [0.05, 0.1) is 10.6 Å². The largest absolute Gasteiger partial charge is 0.369 e. The number of aldehydes is 1. The van der Waals surface area contributed by atoms with Crippen LogP contribution < -0.4 is 4.90 Å². The summed E-state index contributed by atoms with van der Waals surface area (Å²) in [5, 5.41) is 1.20. The molecule has 1 fully saturated rings. The summed E-state index contributed by atoms with van der Waals surface area (Å²) >= 11 is 8.07. The Balaban J connectivity index is 2.27. The number of nitrogens with zero attached hydrogens (tertiary/aromatic N) is 1. The number of hydrogen-bond donors (Lipinski definition) is 0. The van der Waals surface area contributed by atoms with Crippen molar-refractivity contribution in [1.29, 1.82) is 0 Å². The predicted molar refractivity (Wildman–Crippen MR) is 75.6 cm³/mol. The number of rotatable bonds is 3. The van der Waals surface area contributed by atoms with Crippen LogP contribution >= 0.6 is 23.4 Å². The Hall–Kier alpha value is -0.670. The Bertz CT molecular complexity index is 410. The highest BCUT2D eigenvalue weighted by atomic mass is 35.5. The van der Waals surface area contributed by atoms with Crippen molar-refractivity contribution < 1.29 is 4.79 Å². The summed E-state index contributed by atoms with van der Waals surface area (Å²) in [4.78, 5) is 13.4. The van der Waals surface area contributed by atoms with Gasteiger partial charge in [-0.25, -0.2) is 0 Å². The van der Waals surface area contributed by atoms with Gasteiger partial charge in [-0.05, 0) is 18.6 Å². The highest BCUT2D eigenvalue weighted by Gasteiger charge is 2.21. The maximum absolute atomic E-state index is 11.1. The van der Waals surface area contributed by atoms with E-state index in [1.165, 1.54) is 0 Å². The molecule has 1 aromatic carbocycles. The predicted octanol–water partition coefficient (Wildman–Crippen LogP) is 3.48. The van der Waals surface area contributed by atoms with Crippen LogP contribution in [-0.2, 0) is 0 Å². The molecular formula is C13H16ClNOS. The number of anilines is 1. The zero-order chi connectivity index (χ0) is 12.3. The second-order valence-electron chi connectivity index (χ2n) is 4.14. The molecule has 0 saturated carbocycles. The molecule has 0 aromatic heterocycles. The van der Waals surface area contributed by atoms with Gasteiger partial charge in [0.2, 0.25) is 0 Å². The quantitative estimate of drug-likeness (QED) is 0.784. The maximum atomic E-state index is 11.1. The minimum Gasteiger partial charge on any atom is -0.369 e. The van der Waals surface area contributed by atoms with E-state index in [1.54, 1.807) is 6.07 Å². The highest BCUT2D eigenvalue weighted by molar-refractivity contribution is 8.00.